The second-order valence-electron chi connectivity index (χ2n) is 16.9. The molecule has 0 unspecified atom stereocenters. The molecule has 0 aliphatic heterocycles. The normalized spacial score (nSPS) is 11.6. The van der Waals surface area contributed by atoms with Gasteiger partial charge in [0.05, 0.1) is 20.8 Å². The number of hydrogen-bond acceptors (Lipinski definition) is 4. The van der Waals surface area contributed by atoms with E-state index in [0.29, 0.717) is 0 Å². The highest BCUT2D eigenvalue weighted by Crippen LogP contribution is 2.48. The fourth-order valence-corrected chi connectivity index (χ4v) is 12.3. The predicted octanol–water partition coefficient (Wildman–Crippen LogP) is 19.0. The van der Waals surface area contributed by atoms with E-state index in [1.807, 2.05) is 22.7 Å². The molecule has 66 heavy (non-hydrogen) atoms. The number of hydrogen-bond donors (Lipinski definition) is 0. The molecule has 0 atom stereocenters. The summed E-state index contributed by atoms with van der Waals surface area (Å²) in [6.07, 6.45) is 0. The molecule has 0 saturated carbocycles. The maximum atomic E-state index is 2.45. The van der Waals surface area contributed by atoms with Crippen LogP contribution in [0, 0.1) is 0 Å². The number of thiophene rings is 2. The van der Waals surface area contributed by atoms with E-state index in [9.17, 15) is 0 Å². The summed E-state index contributed by atoms with van der Waals surface area (Å²) in [4.78, 5) is 4.89. The molecular formula is C62H40N2S2. The van der Waals surface area contributed by atoms with E-state index in [1.165, 1.54) is 78.7 Å². The van der Waals surface area contributed by atoms with E-state index in [4.69, 9.17) is 0 Å². The van der Waals surface area contributed by atoms with E-state index in [0.717, 1.165) is 39.6 Å². The Labute approximate surface area is 391 Å². The van der Waals surface area contributed by atoms with Gasteiger partial charge in [0.1, 0.15) is 0 Å². The summed E-state index contributed by atoms with van der Waals surface area (Å²) >= 11 is 3.73. The summed E-state index contributed by atoms with van der Waals surface area (Å²) in [7, 11) is 0. The van der Waals surface area contributed by atoms with Crippen molar-refractivity contribution in [1.82, 2.24) is 0 Å². The lowest BCUT2D eigenvalue weighted by molar-refractivity contribution is 1.30. The molecule has 0 fully saturated rings. The standard InChI is InChI=1S/C62H40N2S2/c1-2-16-44-38-50(37-32-41(44)14-1)64(58-29-13-27-56-54-24-6-8-31-60(54)66-62(56)58)49-21-10-19-46(40-49)45-18-9-20-48(39-45)63(57-28-12-26-55-53-23-5-7-30-59(53)65-61(55)57)47-35-33-43(34-36-47)52-25-11-17-42-15-3-4-22-51(42)52/h1-40H. The number of fused-ring (bicyclic) bond motifs is 8. The van der Waals surface area contributed by atoms with Crippen LogP contribution in [0.2, 0.25) is 0 Å². The number of anilines is 6. The minimum atomic E-state index is 1.10. The summed E-state index contributed by atoms with van der Waals surface area (Å²) in [5, 5.41) is 10.1. The Morgan fingerprint density at radius 2 is 0.712 bits per heavy atom. The zero-order valence-electron chi connectivity index (χ0n) is 35.8. The average molecular weight is 877 g/mol. The van der Waals surface area contributed by atoms with Gasteiger partial charge in [-0.05, 0) is 117 Å². The van der Waals surface area contributed by atoms with Crippen LogP contribution in [0.25, 0.3) is 84.1 Å². The Kier molecular flexibility index (Phi) is 9.26. The highest BCUT2D eigenvalue weighted by atomic mass is 32.1. The Morgan fingerprint density at radius 3 is 1.35 bits per heavy atom. The Bertz CT molecular complexity index is 3970. The fourth-order valence-electron chi connectivity index (χ4n) is 9.90. The van der Waals surface area contributed by atoms with Crippen molar-refractivity contribution in [3.63, 3.8) is 0 Å². The van der Waals surface area contributed by atoms with Crippen molar-refractivity contribution in [2.75, 3.05) is 9.80 Å². The van der Waals surface area contributed by atoms with Crippen LogP contribution in [-0.2, 0) is 0 Å². The maximum absolute atomic E-state index is 2.45. The quantitative estimate of drug-likeness (QED) is 0.150. The summed E-state index contributed by atoms with van der Waals surface area (Å²) in [6, 6.07) is 89.0. The van der Waals surface area contributed by atoms with Crippen molar-refractivity contribution in [2.45, 2.75) is 0 Å². The Morgan fingerprint density at radius 1 is 0.258 bits per heavy atom. The van der Waals surface area contributed by atoms with Crippen molar-refractivity contribution in [3.8, 4) is 22.3 Å². The molecule has 2 nitrogen and oxygen atoms in total. The van der Waals surface area contributed by atoms with Crippen LogP contribution in [0.1, 0.15) is 0 Å². The third-order valence-electron chi connectivity index (χ3n) is 13.0. The zero-order chi connectivity index (χ0) is 43.6. The molecule has 0 bridgehead atoms. The minimum Gasteiger partial charge on any atom is -0.309 e. The van der Waals surface area contributed by atoms with Crippen LogP contribution in [0.4, 0.5) is 34.1 Å². The van der Waals surface area contributed by atoms with E-state index in [2.05, 4.69) is 252 Å². The average Bonchev–Trinajstić information content (AvgIpc) is 3.97. The first-order chi connectivity index (χ1) is 32.7. The molecule has 310 valence electrons. The summed E-state index contributed by atoms with van der Waals surface area (Å²) < 4.78 is 5.13. The van der Waals surface area contributed by atoms with E-state index in [1.54, 1.807) is 0 Å². The van der Waals surface area contributed by atoms with Gasteiger partial charge >= 0.3 is 0 Å². The van der Waals surface area contributed by atoms with Crippen LogP contribution in [-0.4, -0.2) is 0 Å². The molecule has 2 aromatic heterocycles. The van der Waals surface area contributed by atoms with Crippen LogP contribution >= 0.6 is 22.7 Å². The largest absolute Gasteiger partial charge is 0.309 e. The molecule has 0 aliphatic carbocycles. The van der Waals surface area contributed by atoms with Crippen LogP contribution < -0.4 is 9.80 Å². The topological polar surface area (TPSA) is 6.48 Å². The van der Waals surface area contributed by atoms with Crippen LogP contribution in [0.15, 0.2) is 243 Å². The lowest BCUT2D eigenvalue weighted by atomic mass is 9.98. The molecule has 13 aromatic rings. The monoisotopic (exact) mass is 876 g/mol. The Hall–Kier alpha value is -8.02. The molecule has 4 heteroatoms. The third kappa shape index (κ3) is 6.53. The Balaban J connectivity index is 0.962. The van der Waals surface area contributed by atoms with Gasteiger partial charge in [-0.1, -0.05) is 170 Å². The third-order valence-corrected chi connectivity index (χ3v) is 15.4. The molecule has 0 amide bonds. The maximum Gasteiger partial charge on any atom is 0.0640 e. The lowest BCUT2D eigenvalue weighted by Gasteiger charge is -2.28. The highest BCUT2D eigenvalue weighted by Gasteiger charge is 2.21. The molecule has 2 heterocycles. The molecule has 0 aliphatic rings. The second-order valence-corrected chi connectivity index (χ2v) is 19.0. The highest BCUT2D eigenvalue weighted by molar-refractivity contribution is 7.26. The van der Waals surface area contributed by atoms with Gasteiger partial charge in [-0.15, -0.1) is 22.7 Å². The van der Waals surface area contributed by atoms with Gasteiger partial charge in [-0.2, -0.15) is 0 Å². The zero-order valence-corrected chi connectivity index (χ0v) is 37.4. The number of rotatable bonds is 8. The summed E-state index contributed by atoms with van der Waals surface area (Å²) in [5.74, 6) is 0. The lowest BCUT2D eigenvalue weighted by Crippen LogP contribution is -2.11. The first-order valence-corrected chi connectivity index (χ1v) is 24.0. The molecule has 13 rings (SSSR count). The van der Waals surface area contributed by atoms with Gasteiger partial charge in [-0.3, -0.25) is 0 Å². The van der Waals surface area contributed by atoms with E-state index >= 15 is 0 Å². The fraction of sp³-hybridized carbons (Fsp3) is 0. The van der Waals surface area contributed by atoms with Gasteiger partial charge in [0.15, 0.2) is 0 Å². The molecule has 0 spiro atoms. The van der Waals surface area contributed by atoms with Gasteiger partial charge in [0.25, 0.3) is 0 Å². The second kappa shape index (κ2) is 15.9. The van der Waals surface area contributed by atoms with Crippen molar-refractivity contribution in [3.05, 3.63) is 243 Å². The molecule has 0 N–H and O–H groups in total. The van der Waals surface area contributed by atoms with Crippen molar-refractivity contribution in [2.24, 2.45) is 0 Å². The van der Waals surface area contributed by atoms with Crippen LogP contribution in [0.3, 0.4) is 0 Å². The van der Waals surface area contributed by atoms with E-state index < -0.39 is 0 Å². The van der Waals surface area contributed by atoms with Crippen molar-refractivity contribution < 1.29 is 0 Å². The van der Waals surface area contributed by atoms with Gasteiger partial charge in [-0.25, -0.2) is 0 Å². The van der Waals surface area contributed by atoms with Crippen molar-refractivity contribution >= 4 is 119 Å². The molecule has 0 saturated heterocycles. The van der Waals surface area contributed by atoms with Crippen LogP contribution in [0.5, 0.6) is 0 Å². The SMILES string of the molecule is c1cc(-c2cccc(N(c3ccc4ccccc4c3)c3cccc4c3sc3ccccc34)c2)cc(N(c2ccc(-c3cccc4ccccc34)cc2)c2cccc3c2sc2ccccc23)c1. The smallest absolute Gasteiger partial charge is 0.0640 e. The van der Waals surface area contributed by atoms with Gasteiger partial charge in [0.2, 0.25) is 0 Å². The first-order valence-electron chi connectivity index (χ1n) is 22.4. The molecule has 11 aromatic carbocycles. The first kappa shape index (κ1) is 38.4. The summed E-state index contributed by atoms with van der Waals surface area (Å²) in [6.45, 7) is 0. The van der Waals surface area contributed by atoms with Gasteiger partial charge < -0.3 is 9.80 Å². The number of nitrogens with zero attached hydrogens (tertiary/aromatic N) is 2. The van der Waals surface area contributed by atoms with Crippen molar-refractivity contribution in [1.29, 1.82) is 0 Å². The summed E-state index contributed by atoms with van der Waals surface area (Å²) in [5.41, 5.74) is 11.5. The minimum absolute atomic E-state index is 1.10. The van der Waals surface area contributed by atoms with E-state index in [-0.39, 0.29) is 0 Å². The number of benzene rings is 11. The molecular weight excluding hydrogens is 837 g/mol. The van der Waals surface area contributed by atoms with Gasteiger partial charge in [0, 0.05) is 53.7 Å². The predicted molar refractivity (Wildman–Crippen MR) is 287 cm³/mol. The molecule has 0 radical (unpaired) electrons.